The van der Waals surface area contributed by atoms with E-state index in [1.54, 1.807) is 20.5 Å². The SMILES string of the molecule is [2H]C1=NC([2H])C(c2occc2Sc2ccc(OCc3cc(OC)cc(OC)c3)cc2)N1. The topological polar surface area (TPSA) is 65.2 Å². The van der Waals surface area contributed by atoms with Gasteiger partial charge in [-0.15, -0.1) is 0 Å². The van der Waals surface area contributed by atoms with Crippen LogP contribution in [0.25, 0.3) is 0 Å². The minimum atomic E-state index is -0.788. The minimum Gasteiger partial charge on any atom is -0.497 e. The van der Waals surface area contributed by atoms with Gasteiger partial charge in [-0.2, -0.15) is 0 Å². The van der Waals surface area contributed by atoms with E-state index in [2.05, 4.69) is 10.3 Å². The zero-order chi connectivity index (χ0) is 21.8. The maximum Gasteiger partial charge on any atom is 0.141 e. The molecule has 1 N–H and O–H groups in total. The molecule has 1 aliphatic heterocycles. The molecule has 150 valence electrons. The third-order valence-electron chi connectivity index (χ3n) is 4.32. The summed E-state index contributed by atoms with van der Waals surface area (Å²) in [5, 5.41) is 2.87. The van der Waals surface area contributed by atoms with Gasteiger partial charge in [-0.05, 0) is 48.0 Å². The number of hydrogen-bond acceptors (Lipinski definition) is 7. The average Bonchev–Trinajstić information content (AvgIpc) is 3.37. The average molecular weight is 413 g/mol. The van der Waals surface area contributed by atoms with Gasteiger partial charge in [-0.3, -0.25) is 4.99 Å². The van der Waals surface area contributed by atoms with E-state index < -0.39 is 12.6 Å². The molecule has 0 amide bonds. The van der Waals surface area contributed by atoms with Gasteiger partial charge >= 0.3 is 0 Å². The Bertz CT molecular complexity index is 1050. The normalized spacial score (nSPS) is 19.0. The Labute approximate surface area is 176 Å². The van der Waals surface area contributed by atoms with E-state index in [0.717, 1.165) is 32.6 Å². The molecule has 0 saturated heterocycles. The summed E-state index contributed by atoms with van der Waals surface area (Å²) < 4.78 is 37.7. The summed E-state index contributed by atoms with van der Waals surface area (Å²) in [6.07, 6.45) is 1.60. The molecule has 3 aromatic rings. The summed E-state index contributed by atoms with van der Waals surface area (Å²) in [6.45, 7) is -0.399. The predicted molar refractivity (Wildman–Crippen MR) is 112 cm³/mol. The van der Waals surface area contributed by atoms with Crippen molar-refractivity contribution in [2.24, 2.45) is 4.99 Å². The van der Waals surface area contributed by atoms with Crippen molar-refractivity contribution < 1.29 is 21.4 Å². The van der Waals surface area contributed by atoms with Crippen LogP contribution in [0.5, 0.6) is 17.2 Å². The van der Waals surface area contributed by atoms with E-state index in [-0.39, 0.29) is 6.31 Å². The van der Waals surface area contributed by atoms with Gasteiger partial charge in [0.25, 0.3) is 0 Å². The fourth-order valence-electron chi connectivity index (χ4n) is 2.86. The summed E-state index contributed by atoms with van der Waals surface area (Å²) in [5.74, 6) is 2.79. The first kappa shape index (κ1) is 16.9. The van der Waals surface area contributed by atoms with Gasteiger partial charge in [-0.25, -0.2) is 0 Å². The van der Waals surface area contributed by atoms with Crippen LogP contribution in [0.3, 0.4) is 0 Å². The summed E-state index contributed by atoms with van der Waals surface area (Å²) in [4.78, 5) is 5.78. The molecule has 6 nitrogen and oxygen atoms in total. The van der Waals surface area contributed by atoms with Crippen molar-refractivity contribution in [3.63, 3.8) is 0 Å². The highest BCUT2D eigenvalue weighted by molar-refractivity contribution is 7.99. The second-order valence-electron chi connectivity index (χ2n) is 6.24. The van der Waals surface area contributed by atoms with Crippen LogP contribution in [-0.4, -0.2) is 27.1 Å². The third-order valence-corrected chi connectivity index (χ3v) is 5.38. The molecule has 0 aliphatic carbocycles. The second kappa shape index (κ2) is 8.96. The number of benzene rings is 2. The summed E-state index contributed by atoms with van der Waals surface area (Å²) in [5.41, 5.74) is 0.947. The molecule has 1 aromatic heterocycles. The Morgan fingerprint density at radius 3 is 2.55 bits per heavy atom. The smallest absolute Gasteiger partial charge is 0.141 e. The molecule has 0 radical (unpaired) electrons. The molecular weight excluding hydrogens is 388 g/mol. The van der Waals surface area contributed by atoms with Gasteiger partial charge in [0.15, 0.2) is 0 Å². The lowest BCUT2D eigenvalue weighted by atomic mass is 10.2. The molecule has 2 aromatic carbocycles. The lowest BCUT2D eigenvalue weighted by Gasteiger charge is -2.11. The molecular formula is C22H22N2O4S. The molecule has 2 unspecified atom stereocenters. The van der Waals surface area contributed by atoms with E-state index in [0.29, 0.717) is 12.4 Å². The fourth-order valence-corrected chi connectivity index (χ4v) is 3.78. The molecule has 2 heterocycles. The zero-order valence-electron chi connectivity index (χ0n) is 18.0. The fraction of sp³-hybridized carbons (Fsp3) is 0.227. The predicted octanol–water partition coefficient (Wildman–Crippen LogP) is 4.70. The Kier molecular flexibility index (Phi) is 5.21. The number of amidine groups is 1. The number of nitrogens with zero attached hydrogens (tertiary/aromatic N) is 1. The summed E-state index contributed by atoms with van der Waals surface area (Å²) in [7, 11) is 3.24. The number of hydrogen-bond donors (Lipinski definition) is 1. The first-order chi connectivity index (χ1) is 15.1. The van der Waals surface area contributed by atoms with E-state index in [1.807, 2.05) is 48.5 Å². The summed E-state index contributed by atoms with van der Waals surface area (Å²) in [6, 6.07) is 14.8. The molecule has 7 heteroatoms. The Morgan fingerprint density at radius 1 is 1.14 bits per heavy atom. The number of methoxy groups -OCH3 is 2. The number of aliphatic imine (C=N–C) groups is 1. The van der Waals surface area contributed by atoms with E-state index in [4.69, 9.17) is 21.4 Å². The number of ether oxygens (including phenoxy) is 3. The van der Waals surface area contributed by atoms with Crippen molar-refractivity contribution >= 4 is 18.1 Å². The molecule has 4 rings (SSSR count). The van der Waals surface area contributed by atoms with Gasteiger partial charge in [0.1, 0.15) is 37.0 Å². The van der Waals surface area contributed by atoms with Crippen LogP contribution in [0.2, 0.25) is 0 Å². The quantitative estimate of drug-likeness (QED) is 0.579. The Hall–Kier alpha value is -3.06. The Morgan fingerprint density at radius 2 is 1.90 bits per heavy atom. The highest BCUT2D eigenvalue weighted by Crippen LogP contribution is 2.35. The number of furan rings is 1. The lowest BCUT2D eigenvalue weighted by Crippen LogP contribution is -2.15. The van der Waals surface area contributed by atoms with Crippen LogP contribution >= 0.6 is 11.8 Å². The molecule has 2 atom stereocenters. The molecule has 0 fully saturated rings. The minimum absolute atomic E-state index is 0.00695. The highest BCUT2D eigenvalue weighted by atomic mass is 32.2. The van der Waals surface area contributed by atoms with Gasteiger partial charge < -0.3 is 23.9 Å². The number of rotatable bonds is 8. The van der Waals surface area contributed by atoms with Crippen LogP contribution < -0.4 is 19.5 Å². The van der Waals surface area contributed by atoms with Crippen molar-refractivity contribution in [3.8, 4) is 17.2 Å². The standard InChI is InChI=1S/C22H22N2O4S/c1-25-17-9-15(10-18(11-17)26-2)13-28-16-3-5-19(6-4-16)29-21-7-8-27-22(21)20-12-23-14-24-20/h3-11,14,20H,12-13H2,1-2H3,(H,23,24)/i12D,14D. The van der Waals surface area contributed by atoms with E-state index in [9.17, 15) is 0 Å². The van der Waals surface area contributed by atoms with Crippen LogP contribution in [0.15, 0.2) is 74.0 Å². The number of nitrogens with one attached hydrogen (secondary N) is 1. The summed E-state index contributed by atoms with van der Waals surface area (Å²) >= 11 is 1.53. The second-order valence-corrected chi connectivity index (χ2v) is 7.36. The van der Waals surface area contributed by atoms with E-state index >= 15 is 0 Å². The zero-order valence-corrected chi connectivity index (χ0v) is 16.9. The van der Waals surface area contributed by atoms with Crippen molar-refractivity contribution in [2.45, 2.75) is 22.4 Å². The van der Waals surface area contributed by atoms with Gasteiger partial charge in [0.05, 0.1) is 39.6 Å². The first-order valence-electron chi connectivity index (χ1n) is 10.1. The van der Waals surface area contributed by atoms with Crippen LogP contribution in [0.1, 0.15) is 20.1 Å². The first-order valence-corrected chi connectivity index (χ1v) is 9.80. The monoisotopic (exact) mass is 412 g/mol. The molecule has 29 heavy (non-hydrogen) atoms. The maximum absolute atomic E-state index is 8.00. The molecule has 0 spiro atoms. The Balaban J connectivity index is 1.39. The van der Waals surface area contributed by atoms with Crippen molar-refractivity contribution in [2.75, 3.05) is 20.7 Å². The van der Waals surface area contributed by atoms with Crippen molar-refractivity contribution in [1.82, 2.24) is 5.32 Å². The van der Waals surface area contributed by atoms with Gasteiger partial charge in [0.2, 0.25) is 0 Å². The van der Waals surface area contributed by atoms with Crippen molar-refractivity contribution in [1.29, 1.82) is 0 Å². The maximum atomic E-state index is 8.00. The molecule has 0 saturated carbocycles. The lowest BCUT2D eigenvalue weighted by molar-refractivity contribution is 0.303. The molecule has 1 aliphatic rings. The van der Waals surface area contributed by atoms with Gasteiger partial charge in [-0.1, -0.05) is 11.8 Å². The largest absolute Gasteiger partial charge is 0.497 e. The third kappa shape index (κ3) is 4.68. The van der Waals surface area contributed by atoms with Crippen LogP contribution in [-0.2, 0) is 6.61 Å². The molecule has 0 bridgehead atoms. The van der Waals surface area contributed by atoms with E-state index in [1.165, 1.54) is 11.8 Å². The van der Waals surface area contributed by atoms with Crippen molar-refractivity contribution in [3.05, 3.63) is 66.1 Å². The van der Waals surface area contributed by atoms with Crippen LogP contribution in [0.4, 0.5) is 0 Å². The van der Waals surface area contributed by atoms with Crippen LogP contribution in [0, 0.1) is 0 Å². The van der Waals surface area contributed by atoms with Gasteiger partial charge in [0, 0.05) is 11.0 Å². The highest BCUT2D eigenvalue weighted by Gasteiger charge is 2.20.